The van der Waals surface area contributed by atoms with E-state index in [1.54, 1.807) is 5.01 Å². The van der Waals surface area contributed by atoms with Gasteiger partial charge in [0.25, 0.3) is 0 Å². The van der Waals surface area contributed by atoms with Crippen LogP contribution in [0.25, 0.3) is 0 Å². The van der Waals surface area contributed by atoms with Gasteiger partial charge in [-0.15, -0.1) is 0 Å². The molecule has 8 nitrogen and oxygen atoms in total. The lowest BCUT2D eigenvalue weighted by Gasteiger charge is -2.31. The first-order valence-electron chi connectivity index (χ1n) is 12.9. The molecule has 5 rings (SSSR count). The number of alkyl halides is 3. The van der Waals surface area contributed by atoms with Gasteiger partial charge in [-0.2, -0.15) is 13.2 Å². The summed E-state index contributed by atoms with van der Waals surface area (Å²) in [5.74, 6) is 0.0936. The molecule has 2 fully saturated rings. The molecule has 202 valence electrons. The van der Waals surface area contributed by atoms with E-state index in [0.29, 0.717) is 31.8 Å². The van der Waals surface area contributed by atoms with Crippen molar-refractivity contribution in [3.05, 3.63) is 65.1 Å². The summed E-state index contributed by atoms with van der Waals surface area (Å²) in [6.45, 7) is 2.39. The van der Waals surface area contributed by atoms with Crippen molar-refractivity contribution in [3.63, 3.8) is 0 Å². The van der Waals surface area contributed by atoms with Crippen LogP contribution in [-0.2, 0) is 29.2 Å². The van der Waals surface area contributed by atoms with Gasteiger partial charge >= 0.3 is 6.18 Å². The zero-order valence-corrected chi connectivity index (χ0v) is 21.3. The van der Waals surface area contributed by atoms with E-state index in [2.05, 4.69) is 32.3 Å². The molecule has 0 bridgehead atoms. The third-order valence-electron chi connectivity index (χ3n) is 7.77. The molecule has 1 aromatic heterocycles. The van der Waals surface area contributed by atoms with E-state index in [9.17, 15) is 18.0 Å². The highest BCUT2D eigenvalue weighted by atomic mass is 19.4. The zero-order valence-electron chi connectivity index (χ0n) is 21.3. The molecule has 1 amide bonds. The van der Waals surface area contributed by atoms with Crippen molar-refractivity contribution in [1.82, 2.24) is 19.9 Å². The molecule has 38 heavy (non-hydrogen) atoms. The molecule has 0 atom stereocenters. The van der Waals surface area contributed by atoms with Crippen molar-refractivity contribution in [3.8, 4) is 0 Å². The highest BCUT2D eigenvalue weighted by Crippen LogP contribution is 2.49. The third kappa shape index (κ3) is 5.52. The van der Waals surface area contributed by atoms with Crippen LogP contribution in [0.3, 0.4) is 0 Å². The maximum absolute atomic E-state index is 13.8. The Morgan fingerprint density at radius 2 is 1.92 bits per heavy atom. The van der Waals surface area contributed by atoms with Crippen LogP contribution in [-0.4, -0.2) is 58.3 Å². The van der Waals surface area contributed by atoms with Crippen LogP contribution in [0, 0.1) is 5.92 Å². The Bertz CT molecular complexity index is 1250. The third-order valence-corrected chi connectivity index (χ3v) is 7.77. The molecule has 0 radical (unpaired) electrons. The van der Waals surface area contributed by atoms with Crippen molar-refractivity contribution in [2.24, 2.45) is 16.6 Å². The summed E-state index contributed by atoms with van der Waals surface area (Å²) in [6, 6.07) is 7.32. The first-order valence-corrected chi connectivity index (χ1v) is 12.9. The van der Waals surface area contributed by atoms with E-state index in [-0.39, 0.29) is 18.1 Å². The summed E-state index contributed by atoms with van der Waals surface area (Å²) in [4.78, 5) is 27.2. The Hall–Kier alpha value is -3.47. The number of hydrogen-bond acceptors (Lipinski definition) is 7. The number of rotatable bonds is 8. The molecule has 2 aliphatic heterocycles. The highest BCUT2D eigenvalue weighted by molar-refractivity contribution is 5.97. The van der Waals surface area contributed by atoms with Gasteiger partial charge in [0.1, 0.15) is 6.67 Å². The molecule has 1 saturated heterocycles. The number of benzene rings is 1. The van der Waals surface area contributed by atoms with Crippen molar-refractivity contribution in [2.45, 2.75) is 50.1 Å². The second-order valence-corrected chi connectivity index (χ2v) is 10.4. The Morgan fingerprint density at radius 1 is 1.18 bits per heavy atom. The van der Waals surface area contributed by atoms with Crippen molar-refractivity contribution in [1.29, 1.82) is 0 Å². The number of nitrogens with one attached hydrogen (secondary N) is 1. The topological polar surface area (TPSA) is 99.7 Å². The molecule has 1 saturated carbocycles. The van der Waals surface area contributed by atoms with E-state index in [0.717, 1.165) is 49.0 Å². The van der Waals surface area contributed by atoms with E-state index in [1.807, 2.05) is 36.5 Å². The summed E-state index contributed by atoms with van der Waals surface area (Å²) < 4.78 is 41.4. The maximum atomic E-state index is 13.8. The van der Waals surface area contributed by atoms with Gasteiger partial charge in [-0.3, -0.25) is 20.2 Å². The number of nitrogens with zero attached hydrogens (tertiary/aromatic N) is 5. The van der Waals surface area contributed by atoms with Crippen LogP contribution < -0.4 is 11.2 Å². The van der Waals surface area contributed by atoms with Gasteiger partial charge in [-0.05, 0) is 75.9 Å². The second kappa shape index (κ2) is 10.4. The molecule has 2 aromatic rings. The average Bonchev–Trinajstić information content (AvgIpc) is 3.70. The van der Waals surface area contributed by atoms with Crippen LogP contribution in [0.5, 0.6) is 0 Å². The molecule has 3 heterocycles. The summed E-state index contributed by atoms with van der Waals surface area (Å²) in [5, 5.41) is 1.66. The van der Waals surface area contributed by atoms with Crippen LogP contribution in [0.4, 0.5) is 19.1 Å². The number of nitrogens with two attached hydrogens (primary N) is 1. The van der Waals surface area contributed by atoms with Gasteiger partial charge in [0.05, 0.1) is 16.7 Å². The van der Waals surface area contributed by atoms with E-state index in [1.165, 1.54) is 0 Å². The zero-order chi connectivity index (χ0) is 26.9. The first kappa shape index (κ1) is 26.1. The van der Waals surface area contributed by atoms with Crippen LogP contribution in [0.15, 0.2) is 47.7 Å². The molecule has 1 aliphatic carbocycles. The lowest BCUT2D eigenvalue weighted by Crippen LogP contribution is -2.35. The molecule has 3 aliphatic rings. The predicted molar refractivity (Wildman–Crippen MR) is 138 cm³/mol. The number of carbonyl (C=O) groups is 1. The number of aromatic nitrogens is 2. The minimum atomic E-state index is -4.59. The monoisotopic (exact) mass is 527 g/mol. The number of aliphatic imine (C=N–C) groups is 1. The predicted octanol–water partition coefficient (Wildman–Crippen LogP) is 3.69. The average molecular weight is 528 g/mol. The number of primary amides is 1. The molecular weight excluding hydrogens is 495 g/mol. The number of amides is 1. The van der Waals surface area contributed by atoms with Crippen LogP contribution in [0.1, 0.15) is 48.1 Å². The Balaban J connectivity index is 1.29. The van der Waals surface area contributed by atoms with Crippen molar-refractivity contribution >= 4 is 17.6 Å². The molecular formula is C27H32F3N7O. The fraction of sp³-hybridized carbons (Fsp3) is 0.481. The Labute approximate surface area is 219 Å². The Kier molecular flexibility index (Phi) is 7.13. The van der Waals surface area contributed by atoms with E-state index < -0.39 is 23.1 Å². The number of anilines is 1. The van der Waals surface area contributed by atoms with Crippen molar-refractivity contribution < 1.29 is 18.0 Å². The number of aryl methyl sites for hydroxylation is 2. The fourth-order valence-electron chi connectivity index (χ4n) is 5.32. The number of likely N-dealkylation sites (tertiary alicyclic amines) is 1. The lowest BCUT2D eigenvalue weighted by atomic mass is 9.88. The van der Waals surface area contributed by atoms with Gasteiger partial charge in [-0.25, -0.2) is 9.97 Å². The first-order chi connectivity index (χ1) is 18.2. The lowest BCUT2D eigenvalue weighted by molar-refractivity contribution is -0.138. The summed E-state index contributed by atoms with van der Waals surface area (Å²) in [7, 11) is 2.11. The van der Waals surface area contributed by atoms with Gasteiger partial charge in [0.2, 0.25) is 11.9 Å². The Morgan fingerprint density at radius 3 is 2.55 bits per heavy atom. The largest absolute Gasteiger partial charge is 0.419 e. The van der Waals surface area contributed by atoms with Crippen molar-refractivity contribution in [2.75, 3.05) is 32.2 Å². The molecule has 0 spiro atoms. The normalized spacial score (nSPS) is 19.8. The van der Waals surface area contributed by atoms with Gasteiger partial charge in [0.15, 0.2) is 0 Å². The standard InChI is InChI=1S/C27H32F3N7O/c1-36-13-8-19(9-14-36)22-10-15-37(17-33-22)35-25-32-16-21(27(28,29)30)23(34-25)7-6-18-4-2-3-5-20(18)26(11-12-26)24(31)38/h2-5,10,15-16,19H,6-9,11-14,17H2,1H3,(H2,31,38)(H,32,34,35). The molecule has 0 unspecified atom stereocenters. The van der Waals surface area contributed by atoms with Crippen LogP contribution in [0.2, 0.25) is 0 Å². The number of halogens is 3. The second-order valence-electron chi connectivity index (χ2n) is 10.4. The fourth-order valence-corrected chi connectivity index (χ4v) is 5.32. The number of piperidine rings is 1. The smallest absolute Gasteiger partial charge is 0.369 e. The molecule has 3 N–H and O–H groups in total. The minimum absolute atomic E-state index is 0.0339. The van der Waals surface area contributed by atoms with E-state index >= 15 is 0 Å². The molecule has 11 heteroatoms. The van der Waals surface area contributed by atoms with Gasteiger partial charge < -0.3 is 10.6 Å². The number of hydrogen-bond donors (Lipinski definition) is 2. The SMILES string of the molecule is CN1CCC(C2=NCN(Nc3ncc(C(F)(F)F)c(CCc4ccccc4C4(C(N)=O)CC4)n3)C=C2)CC1. The summed E-state index contributed by atoms with van der Waals surface area (Å²) in [5.41, 5.74) is 9.58. The number of hydrazine groups is 1. The number of allylic oxidation sites excluding steroid dienone is 1. The minimum Gasteiger partial charge on any atom is -0.369 e. The molecule has 1 aromatic carbocycles. The van der Waals surface area contributed by atoms with Gasteiger partial charge in [0, 0.05) is 24.0 Å². The highest BCUT2D eigenvalue weighted by Gasteiger charge is 2.50. The van der Waals surface area contributed by atoms with Crippen LogP contribution >= 0.6 is 0 Å². The summed E-state index contributed by atoms with van der Waals surface area (Å²) in [6.07, 6.45) is 3.76. The maximum Gasteiger partial charge on any atom is 0.419 e. The summed E-state index contributed by atoms with van der Waals surface area (Å²) >= 11 is 0. The van der Waals surface area contributed by atoms with Gasteiger partial charge in [-0.1, -0.05) is 24.3 Å². The quantitative estimate of drug-likeness (QED) is 0.543. The number of carbonyl (C=O) groups excluding carboxylic acids is 1. The van der Waals surface area contributed by atoms with E-state index in [4.69, 9.17) is 5.73 Å².